The van der Waals surface area contributed by atoms with Crippen LogP contribution < -0.4 is 0 Å². The molecule has 0 aliphatic heterocycles. The Kier molecular flexibility index (Phi) is 13.4. The molecule has 0 bridgehead atoms. The standard InChI is InChI=1S/C11H15NO.C2H6/c1-3-5-6-10(4-2)7-8-11(13)9-12;1-2/h3-6,9,12H,1,7-8H2,2H3;1-2H3/b6-5-,10-4+,12-9?;. The molecule has 0 spiro atoms. The van der Waals surface area contributed by atoms with Gasteiger partial charge in [0.15, 0.2) is 5.78 Å². The van der Waals surface area contributed by atoms with Crippen molar-refractivity contribution in [1.82, 2.24) is 0 Å². The van der Waals surface area contributed by atoms with Crippen molar-refractivity contribution >= 4 is 12.0 Å². The zero-order valence-electron chi connectivity index (χ0n) is 9.92. The molecule has 2 nitrogen and oxygen atoms in total. The molecule has 0 unspecified atom stereocenters. The summed E-state index contributed by atoms with van der Waals surface area (Å²) in [6.45, 7) is 9.49. The van der Waals surface area contributed by atoms with E-state index >= 15 is 0 Å². The number of hydrogen-bond donors (Lipinski definition) is 1. The normalized spacial score (nSPS) is 10.5. The van der Waals surface area contributed by atoms with Crippen molar-refractivity contribution in [2.24, 2.45) is 0 Å². The monoisotopic (exact) mass is 207 g/mol. The van der Waals surface area contributed by atoms with Gasteiger partial charge in [-0.05, 0) is 13.3 Å². The summed E-state index contributed by atoms with van der Waals surface area (Å²) in [4.78, 5) is 10.8. The molecule has 0 rings (SSSR count). The summed E-state index contributed by atoms with van der Waals surface area (Å²) in [6.07, 6.45) is 9.37. The Labute approximate surface area is 92.9 Å². The number of carbonyl (C=O) groups is 1. The molecule has 0 radical (unpaired) electrons. The van der Waals surface area contributed by atoms with Gasteiger partial charge in [0.25, 0.3) is 0 Å². The Balaban J connectivity index is 0. The van der Waals surface area contributed by atoms with E-state index in [-0.39, 0.29) is 5.78 Å². The second-order valence-electron chi connectivity index (χ2n) is 2.57. The zero-order chi connectivity index (χ0) is 12.1. The summed E-state index contributed by atoms with van der Waals surface area (Å²) in [7, 11) is 0. The van der Waals surface area contributed by atoms with E-state index in [4.69, 9.17) is 5.41 Å². The molecule has 15 heavy (non-hydrogen) atoms. The highest BCUT2D eigenvalue weighted by molar-refractivity contribution is 6.26. The Hall–Kier alpha value is -1.44. The van der Waals surface area contributed by atoms with Gasteiger partial charge in [0.1, 0.15) is 0 Å². The van der Waals surface area contributed by atoms with Crippen LogP contribution >= 0.6 is 0 Å². The van der Waals surface area contributed by atoms with E-state index in [0.717, 1.165) is 11.8 Å². The highest BCUT2D eigenvalue weighted by Crippen LogP contribution is 2.06. The van der Waals surface area contributed by atoms with Crippen LogP contribution in [-0.2, 0) is 4.79 Å². The van der Waals surface area contributed by atoms with E-state index in [1.165, 1.54) is 0 Å². The molecule has 0 aliphatic rings. The van der Waals surface area contributed by atoms with Gasteiger partial charge < -0.3 is 5.41 Å². The van der Waals surface area contributed by atoms with Gasteiger partial charge in [-0.25, -0.2) is 0 Å². The predicted molar refractivity (Wildman–Crippen MR) is 67.5 cm³/mol. The maximum atomic E-state index is 10.8. The fraction of sp³-hybridized carbons (Fsp3) is 0.385. The summed E-state index contributed by atoms with van der Waals surface area (Å²) in [5.74, 6) is -0.133. The third kappa shape index (κ3) is 10.5. The molecule has 84 valence electrons. The third-order valence-corrected chi connectivity index (χ3v) is 1.64. The fourth-order valence-electron chi connectivity index (χ4n) is 0.855. The lowest BCUT2D eigenvalue weighted by Crippen LogP contribution is -1.97. The van der Waals surface area contributed by atoms with Crippen LogP contribution in [0.25, 0.3) is 0 Å². The molecule has 1 N–H and O–H groups in total. The van der Waals surface area contributed by atoms with Crippen LogP contribution in [0.2, 0.25) is 0 Å². The summed E-state index contributed by atoms with van der Waals surface area (Å²) >= 11 is 0. The van der Waals surface area contributed by atoms with E-state index in [1.807, 2.05) is 39.0 Å². The van der Waals surface area contributed by atoms with Crippen molar-refractivity contribution in [3.05, 3.63) is 36.5 Å². The largest absolute Gasteiger partial charge is 0.305 e. The molecule has 2 heteroatoms. The van der Waals surface area contributed by atoms with E-state index in [2.05, 4.69) is 6.58 Å². The molecule has 0 aromatic rings. The molecule has 0 aliphatic carbocycles. The summed E-state index contributed by atoms with van der Waals surface area (Å²) < 4.78 is 0. The lowest BCUT2D eigenvalue weighted by atomic mass is 10.1. The minimum absolute atomic E-state index is 0.133. The van der Waals surface area contributed by atoms with Crippen LogP contribution in [0.3, 0.4) is 0 Å². The Morgan fingerprint density at radius 1 is 1.33 bits per heavy atom. The van der Waals surface area contributed by atoms with E-state index in [1.54, 1.807) is 6.08 Å². The lowest BCUT2D eigenvalue weighted by Gasteiger charge is -1.97. The number of ketones is 1. The van der Waals surface area contributed by atoms with Crippen molar-refractivity contribution in [1.29, 1.82) is 5.41 Å². The number of carbonyl (C=O) groups excluding carboxylic acids is 1. The minimum atomic E-state index is -0.133. The number of hydrogen-bond acceptors (Lipinski definition) is 2. The smallest absolute Gasteiger partial charge is 0.173 e. The van der Waals surface area contributed by atoms with Gasteiger partial charge in [0, 0.05) is 6.42 Å². The van der Waals surface area contributed by atoms with Crippen LogP contribution in [0.4, 0.5) is 0 Å². The molecule has 0 saturated carbocycles. The molecule has 0 amide bonds. The lowest BCUT2D eigenvalue weighted by molar-refractivity contribution is -0.112. The highest BCUT2D eigenvalue weighted by Gasteiger charge is 1.97. The van der Waals surface area contributed by atoms with Crippen molar-refractivity contribution in [2.45, 2.75) is 33.6 Å². The van der Waals surface area contributed by atoms with Crippen LogP contribution in [0.15, 0.2) is 36.5 Å². The second kappa shape index (κ2) is 12.6. The van der Waals surface area contributed by atoms with Crippen LogP contribution in [0, 0.1) is 5.41 Å². The van der Waals surface area contributed by atoms with Crippen molar-refractivity contribution in [2.75, 3.05) is 0 Å². The first-order valence-corrected chi connectivity index (χ1v) is 5.22. The van der Waals surface area contributed by atoms with Gasteiger partial charge in [-0.15, -0.1) is 0 Å². The second-order valence-corrected chi connectivity index (χ2v) is 2.57. The van der Waals surface area contributed by atoms with E-state index < -0.39 is 0 Å². The van der Waals surface area contributed by atoms with Gasteiger partial charge in [-0.3, -0.25) is 4.79 Å². The van der Waals surface area contributed by atoms with E-state index in [9.17, 15) is 4.79 Å². The summed E-state index contributed by atoms with van der Waals surface area (Å²) in [5.41, 5.74) is 1.09. The third-order valence-electron chi connectivity index (χ3n) is 1.64. The predicted octanol–water partition coefficient (Wildman–Crippen LogP) is 3.70. The van der Waals surface area contributed by atoms with E-state index in [0.29, 0.717) is 12.8 Å². The summed E-state index contributed by atoms with van der Waals surface area (Å²) in [6, 6.07) is 0. The molecule has 0 heterocycles. The number of Topliss-reactive ketones (excluding diaryl/α,β-unsaturated/α-hetero) is 1. The summed E-state index contributed by atoms with van der Waals surface area (Å²) in [5, 5.41) is 6.72. The SMILES string of the molecule is C=C/C=C\C(=C/C)CCC(=O)C=N.CC. The first kappa shape index (κ1) is 16.0. The first-order chi connectivity index (χ1) is 7.24. The van der Waals surface area contributed by atoms with Crippen LogP contribution in [0.5, 0.6) is 0 Å². The number of nitrogens with one attached hydrogen (secondary N) is 1. The Bertz CT molecular complexity index is 249. The molecule has 0 aromatic carbocycles. The minimum Gasteiger partial charge on any atom is -0.305 e. The van der Waals surface area contributed by atoms with Crippen LogP contribution in [0.1, 0.15) is 33.6 Å². The maximum Gasteiger partial charge on any atom is 0.173 e. The molecule has 0 aromatic heterocycles. The molecule has 0 atom stereocenters. The van der Waals surface area contributed by atoms with Gasteiger partial charge in [0.05, 0.1) is 6.21 Å². The van der Waals surface area contributed by atoms with Crippen molar-refractivity contribution < 1.29 is 4.79 Å². The quantitative estimate of drug-likeness (QED) is 0.523. The molecular weight excluding hydrogens is 186 g/mol. The Morgan fingerprint density at radius 3 is 2.33 bits per heavy atom. The van der Waals surface area contributed by atoms with Crippen molar-refractivity contribution in [3.63, 3.8) is 0 Å². The zero-order valence-corrected chi connectivity index (χ0v) is 9.92. The number of allylic oxidation sites excluding steroid dienone is 5. The van der Waals surface area contributed by atoms with Gasteiger partial charge in [-0.2, -0.15) is 0 Å². The number of rotatable bonds is 6. The first-order valence-electron chi connectivity index (χ1n) is 5.22. The highest BCUT2D eigenvalue weighted by atomic mass is 16.1. The maximum absolute atomic E-state index is 10.8. The molecular formula is C13H21NO. The molecule has 0 saturated heterocycles. The fourth-order valence-corrected chi connectivity index (χ4v) is 0.855. The average Bonchev–Trinajstić information content (AvgIpc) is 2.31. The topological polar surface area (TPSA) is 40.9 Å². The molecule has 0 fully saturated rings. The average molecular weight is 207 g/mol. The van der Waals surface area contributed by atoms with Gasteiger partial charge in [-0.1, -0.05) is 50.3 Å². The van der Waals surface area contributed by atoms with Crippen molar-refractivity contribution in [3.8, 4) is 0 Å². The van der Waals surface area contributed by atoms with Gasteiger partial charge >= 0.3 is 0 Å². The van der Waals surface area contributed by atoms with Gasteiger partial charge in [0.2, 0.25) is 0 Å². The van der Waals surface area contributed by atoms with Crippen LogP contribution in [-0.4, -0.2) is 12.0 Å². The Morgan fingerprint density at radius 2 is 1.93 bits per heavy atom.